The first-order valence-electron chi connectivity index (χ1n) is 7.68. The average Bonchev–Trinajstić information content (AvgIpc) is 3.10. The normalized spacial score (nSPS) is 21.2. The molecule has 1 aliphatic heterocycles. The van der Waals surface area contributed by atoms with Crippen LogP contribution in [0.4, 0.5) is 5.13 Å². The number of aryl methyl sites for hydroxylation is 1. The molecule has 22 heavy (non-hydrogen) atoms. The van der Waals surface area contributed by atoms with E-state index in [-0.39, 0.29) is 6.10 Å². The first kappa shape index (κ1) is 15.5. The van der Waals surface area contributed by atoms with Gasteiger partial charge in [0.2, 0.25) is 0 Å². The molecule has 1 fully saturated rings. The molecule has 7 heteroatoms. The van der Waals surface area contributed by atoms with Crippen LogP contribution in [0.3, 0.4) is 0 Å². The molecule has 2 aromatic heterocycles. The summed E-state index contributed by atoms with van der Waals surface area (Å²) in [4.78, 5) is 9.28. The summed E-state index contributed by atoms with van der Waals surface area (Å²) in [5.41, 5.74) is 1.09. The van der Waals surface area contributed by atoms with Gasteiger partial charge < -0.3 is 10.0 Å². The summed E-state index contributed by atoms with van der Waals surface area (Å²) < 4.78 is 1.78. The minimum atomic E-state index is -0.388. The summed E-state index contributed by atoms with van der Waals surface area (Å²) in [5.74, 6) is 0. The molecular weight excluding hydrogens is 298 g/mol. The Morgan fingerprint density at radius 1 is 1.41 bits per heavy atom. The largest absolute Gasteiger partial charge is 0.390 e. The predicted molar refractivity (Wildman–Crippen MR) is 88.3 cm³/mol. The Balaban J connectivity index is 1.51. The monoisotopic (exact) mass is 321 g/mol. The Morgan fingerprint density at radius 3 is 2.91 bits per heavy atom. The first-order valence-corrected chi connectivity index (χ1v) is 8.56. The number of anilines is 1. The zero-order valence-corrected chi connectivity index (χ0v) is 13.9. The lowest BCUT2D eigenvalue weighted by atomic mass is 10.2. The van der Waals surface area contributed by atoms with Gasteiger partial charge in [-0.15, -0.1) is 11.3 Å². The van der Waals surface area contributed by atoms with Crippen molar-refractivity contribution in [2.45, 2.75) is 32.5 Å². The maximum atomic E-state index is 10.2. The number of aromatic nitrogens is 3. The van der Waals surface area contributed by atoms with Crippen LogP contribution in [0, 0.1) is 6.92 Å². The zero-order chi connectivity index (χ0) is 15.5. The second-order valence-electron chi connectivity index (χ2n) is 5.96. The van der Waals surface area contributed by atoms with E-state index >= 15 is 0 Å². The smallest absolute Gasteiger partial charge is 0.185 e. The number of nitrogens with zero attached hydrogens (tertiary/aromatic N) is 5. The molecule has 120 valence electrons. The Morgan fingerprint density at radius 2 is 2.27 bits per heavy atom. The number of β-amino-alcohol motifs (C(OH)–C–C–N with tert-alkyl or cyclic N) is 1. The van der Waals surface area contributed by atoms with Gasteiger partial charge in [0.1, 0.15) is 0 Å². The Bertz CT molecular complexity index is 585. The summed E-state index contributed by atoms with van der Waals surface area (Å²) in [5, 5.41) is 17.6. The van der Waals surface area contributed by atoms with Crippen LogP contribution >= 0.6 is 11.3 Å². The van der Waals surface area contributed by atoms with Crippen LogP contribution in [-0.2, 0) is 6.54 Å². The Hall–Kier alpha value is -1.44. The molecule has 1 saturated heterocycles. The highest BCUT2D eigenvalue weighted by atomic mass is 32.1. The number of hydrogen-bond donors (Lipinski definition) is 1. The third kappa shape index (κ3) is 3.66. The minimum Gasteiger partial charge on any atom is -0.390 e. The van der Waals surface area contributed by atoms with Crippen LogP contribution in [0.25, 0.3) is 0 Å². The van der Waals surface area contributed by atoms with Gasteiger partial charge in [0.15, 0.2) is 5.13 Å². The second-order valence-corrected chi connectivity index (χ2v) is 6.79. The van der Waals surface area contributed by atoms with E-state index in [0.29, 0.717) is 19.1 Å². The molecule has 0 amide bonds. The molecule has 2 aromatic rings. The molecule has 3 heterocycles. The van der Waals surface area contributed by atoms with Gasteiger partial charge in [0.05, 0.1) is 18.3 Å². The maximum Gasteiger partial charge on any atom is 0.185 e. The minimum absolute atomic E-state index is 0.388. The molecule has 0 unspecified atom stereocenters. The predicted octanol–water partition coefficient (Wildman–Crippen LogP) is 1.22. The number of rotatable bonds is 5. The van der Waals surface area contributed by atoms with Crippen molar-refractivity contribution >= 4 is 16.5 Å². The van der Waals surface area contributed by atoms with Crippen molar-refractivity contribution in [2.75, 3.05) is 31.1 Å². The molecule has 0 spiro atoms. The molecule has 0 bridgehead atoms. The number of thiazole rings is 1. The van der Waals surface area contributed by atoms with E-state index in [2.05, 4.69) is 32.2 Å². The van der Waals surface area contributed by atoms with E-state index in [0.717, 1.165) is 30.5 Å². The lowest BCUT2D eigenvalue weighted by Gasteiger charge is -2.40. The Kier molecular flexibility index (Phi) is 4.75. The molecule has 1 aliphatic rings. The van der Waals surface area contributed by atoms with E-state index < -0.39 is 0 Å². The van der Waals surface area contributed by atoms with Gasteiger partial charge in [0.25, 0.3) is 0 Å². The van der Waals surface area contributed by atoms with Gasteiger partial charge in [-0.05, 0) is 19.9 Å². The van der Waals surface area contributed by atoms with Crippen LogP contribution in [-0.4, -0.2) is 63.1 Å². The number of piperazine rings is 1. The first-order chi connectivity index (χ1) is 10.6. The zero-order valence-electron chi connectivity index (χ0n) is 13.1. The highest BCUT2D eigenvalue weighted by molar-refractivity contribution is 7.13. The van der Waals surface area contributed by atoms with Crippen LogP contribution in [0.15, 0.2) is 23.8 Å². The lowest BCUT2D eigenvalue weighted by molar-refractivity contribution is 0.0863. The van der Waals surface area contributed by atoms with E-state index in [1.807, 2.05) is 19.2 Å². The van der Waals surface area contributed by atoms with Crippen LogP contribution in [0.2, 0.25) is 0 Å². The molecule has 0 aromatic carbocycles. The van der Waals surface area contributed by atoms with Crippen molar-refractivity contribution in [1.82, 2.24) is 19.7 Å². The summed E-state index contributed by atoms with van der Waals surface area (Å²) in [6, 6.07) is 2.29. The maximum absolute atomic E-state index is 10.2. The molecule has 1 N–H and O–H groups in total. The summed E-state index contributed by atoms with van der Waals surface area (Å²) in [6.07, 6.45) is 3.23. The van der Waals surface area contributed by atoms with E-state index in [9.17, 15) is 5.11 Å². The van der Waals surface area contributed by atoms with Crippen molar-refractivity contribution in [3.8, 4) is 0 Å². The topological polar surface area (TPSA) is 57.4 Å². The molecule has 6 nitrogen and oxygen atoms in total. The summed E-state index contributed by atoms with van der Waals surface area (Å²) in [7, 11) is 0. The lowest BCUT2D eigenvalue weighted by Crippen LogP contribution is -2.53. The van der Waals surface area contributed by atoms with Crippen LogP contribution in [0.1, 0.15) is 12.6 Å². The SMILES string of the molecule is Cc1csc(N2CCN(C[C@H](O)Cn3cccn3)C[C@H]2C)n1. The van der Waals surface area contributed by atoms with Crippen molar-refractivity contribution in [2.24, 2.45) is 0 Å². The molecule has 0 aliphatic carbocycles. The van der Waals surface area contributed by atoms with Crippen molar-refractivity contribution in [3.63, 3.8) is 0 Å². The van der Waals surface area contributed by atoms with E-state index in [1.165, 1.54) is 0 Å². The fraction of sp³-hybridized carbons (Fsp3) is 0.600. The molecule has 3 rings (SSSR count). The van der Waals surface area contributed by atoms with Crippen molar-refractivity contribution in [1.29, 1.82) is 0 Å². The van der Waals surface area contributed by atoms with E-state index in [4.69, 9.17) is 0 Å². The van der Waals surface area contributed by atoms with Crippen LogP contribution < -0.4 is 4.90 Å². The number of aliphatic hydroxyl groups excluding tert-OH is 1. The third-order valence-electron chi connectivity index (χ3n) is 3.99. The average molecular weight is 321 g/mol. The van der Waals surface area contributed by atoms with Gasteiger partial charge in [-0.25, -0.2) is 4.98 Å². The van der Waals surface area contributed by atoms with E-state index in [1.54, 1.807) is 22.2 Å². The quantitative estimate of drug-likeness (QED) is 0.897. The van der Waals surface area contributed by atoms with Gasteiger partial charge in [-0.3, -0.25) is 9.58 Å². The number of aliphatic hydroxyl groups is 1. The molecule has 2 atom stereocenters. The Labute approximate surface area is 135 Å². The van der Waals surface area contributed by atoms with Gasteiger partial charge in [0, 0.05) is 50.0 Å². The van der Waals surface area contributed by atoms with Gasteiger partial charge in [-0.1, -0.05) is 0 Å². The summed E-state index contributed by atoms with van der Waals surface area (Å²) >= 11 is 1.71. The molecule has 0 saturated carbocycles. The fourth-order valence-corrected chi connectivity index (χ4v) is 3.87. The van der Waals surface area contributed by atoms with Crippen molar-refractivity contribution in [3.05, 3.63) is 29.5 Å². The van der Waals surface area contributed by atoms with Crippen molar-refractivity contribution < 1.29 is 5.11 Å². The van der Waals surface area contributed by atoms with Gasteiger partial charge >= 0.3 is 0 Å². The fourth-order valence-electron chi connectivity index (χ4n) is 2.94. The standard InChI is InChI=1S/C15H23N5OS/c1-12-11-22-15(17-12)20-7-6-18(8-13(20)2)9-14(21)10-19-5-3-4-16-19/h3-5,11,13-14,21H,6-10H2,1-2H3/t13-,14+/m1/s1. The van der Waals surface area contributed by atoms with Gasteiger partial charge in [-0.2, -0.15) is 5.10 Å². The third-order valence-corrected chi connectivity index (χ3v) is 4.99. The summed E-state index contributed by atoms with van der Waals surface area (Å²) in [6.45, 7) is 8.37. The number of hydrogen-bond acceptors (Lipinski definition) is 6. The van der Waals surface area contributed by atoms with Crippen LogP contribution in [0.5, 0.6) is 0 Å². The highest BCUT2D eigenvalue weighted by Gasteiger charge is 2.26. The second kappa shape index (κ2) is 6.76. The highest BCUT2D eigenvalue weighted by Crippen LogP contribution is 2.24. The molecular formula is C15H23N5OS. The molecule has 0 radical (unpaired) electrons.